The van der Waals surface area contributed by atoms with Crippen LogP contribution in [-0.4, -0.2) is 45.2 Å². The number of carboxylic acid groups (broad SMARTS) is 2. The molecule has 0 aromatic heterocycles. The Hall–Kier alpha value is -0.360. The van der Waals surface area contributed by atoms with E-state index in [9.17, 15) is 9.59 Å². The maximum absolute atomic E-state index is 10.5. The van der Waals surface area contributed by atoms with E-state index >= 15 is 0 Å². The first-order chi connectivity index (χ1) is 5.54. The fourth-order valence-electron chi connectivity index (χ4n) is 0.708. The van der Waals surface area contributed by atoms with Crippen molar-refractivity contribution in [1.29, 1.82) is 0 Å². The van der Waals surface area contributed by atoms with Gasteiger partial charge in [0, 0.05) is 0 Å². The highest BCUT2D eigenvalue weighted by Crippen LogP contribution is 2.21. The van der Waals surface area contributed by atoms with E-state index in [0.29, 0.717) is 0 Å². The fourth-order valence-corrected chi connectivity index (χ4v) is 2.50. The van der Waals surface area contributed by atoms with Crippen molar-refractivity contribution < 1.29 is 19.8 Å². The average Bonchev–Trinajstić information content (AvgIpc) is 1.98. The molecule has 0 aliphatic carbocycles. The summed E-state index contributed by atoms with van der Waals surface area (Å²) < 4.78 is 0. The lowest BCUT2D eigenvalue weighted by Gasteiger charge is -2.15. The van der Waals surface area contributed by atoms with E-state index in [-0.39, 0.29) is 0 Å². The maximum atomic E-state index is 10.5. The second-order valence-electron chi connectivity index (χ2n) is 1.99. The molecule has 0 radical (unpaired) electrons. The average molecular weight is 210 g/mol. The molecule has 0 aromatic rings. The van der Waals surface area contributed by atoms with Gasteiger partial charge in [0.1, 0.15) is 10.5 Å². The number of hydrogen-bond donors (Lipinski definition) is 2. The lowest BCUT2D eigenvalue weighted by Crippen LogP contribution is -2.34. The highest BCUT2D eigenvalue weighted by Gasteiger charge is 2.32. The van der Waals surface area contributed by atoms with Crippen LogP contribution in [0.3, 0.4) is 0 Å². The Morgan fingerprint density at radius 3 is 1.33 bits per heavy atom. The summed E-state index contributed by atoms with van der Waals surface area (Å²) in [5.74, 6) is -2.16. The third-order valence-corrected chi connectivity index (χ3v) is 3.41. The fraction of sp³-hybridized carbons (Fsp3) is 0.667. The normalized spacial score (nSPS) is 15.2. The predicted molar refractivity (Wildman–Crippen MR) is 49.9 cm³/mol. The lowest BCUT2D eigenvalue weighted by molar-refractivity contribution is -0.142. The zero-order valence-corrected chi connectivity index (χ0v) is 8.32. The van der Waals surface area contributed by atoms with Crippen LogP contribution in [0.25, 0.3) is 0 Å². The standard InChI is InChI=1S/C6H10O4S2/c1-11-3(5(7)8)4(12-2)6(9)10/h3-4H,1-2H3,(H,7,8)(H,9,10)/t3-,4+. The largest absolute Gasteiger partial charge is 0.480 e. The minimum Gasteiger partial charge on any atom is -0.480 e. The zero-order chi connectivity index (χ0) is 9.72. The van der Waals surface area contributed by atoms with Gasteiger partial charge in [-0.05, 0) is 12.5 Å². The number of aliphatic carboxylic acids is 2. The van der Waals surface area contributed by atoms with Crippen molar-refractivity contribution in [3.63, 3.8) is 0 Å². The smallest absolute Gasteiger partial charge is 0.318 e. The minimum absolute atomic E-state index is 0.877. The summed E-state index contributed by atoms with van der Waals surface area (Å²) in [6.45, 7) is 0. The topological polar surface area (TPSA) is 74.6 Å². The minimum atomic E-state index is -1.08. The third kappa shape index (κ3) is 2.94. The molecule has 6 heteroatoms. The summed E-state index contributed by atoms with van der Waals surface area (Å²) in [6.07, 6.45) is 3.18. The molecule has 0 aromatic carbocycles. The van der Waals surface area contributed by atoms with E-state index in [0.717, 1.165) is 23.5 Å². The van der Waals surface area contributed by atoms with Crippen LogP contribution in [-0.2, 0) is 9.59 Å². The van der Waals surface area contributed by atoms with Crippen LogP contribution < -0.4 is 0 Å². The highest BCUT2D eigenvalue weighted by atomic mass is 32.2. The van der Waals surface area contributed by atoms with Crippen LogP contribution in [0, 0.1) is 0 Å². The molecule has 0 rings (SSSR count). The Balaban J connectivity index is 4.44. The molecule has 70 valence electrons. The van der Waals surface area contributed by atoms with Gasteiger partial charge in [-0.3, -0.25) is 9.59 Å². The van der Waals surface area contributed by atoms with Crippen LogP contribution in [0.4, 0.5) is 0 Å². The Labute approximate surface area is 78.7 Å². The molecule has 4 nitrogen and oxygen atoms in total. The molecule has 0 saturated heterocycles. The van der Waals surface area contributed by atoms with Crippen molar-refractivity contribution in [2.75, 3.05) is 12.5 Å². The van der Waals surface area contributed by atoms with Crippen molar-refractivity contribution in [3.8, 4) is 0 Å². The number of thioether (sulfide) groups is 2. The first-order valence-corrected chi connectivity index (χ1v) is 5.63. The molecule has 2 atom stereocenters. The van der Waals surface area contributed by atoms with Gasteiger partial charge in [0.25, 0.3) is 0 Å². The maximum Gasteiger partial charge on any atom is 0.318 e. The van der Waals surface area contributed by atoms with Gasteiger partial charge in [0.15, 0.2) is 0 Å². The van der Waals surface area contributed by atoms with E-state index in [1.54, 1.807) is 12.5 Å². The molecule has 2 N–H and O–H groups in total. The number of rotatable bonds is 5. The molecular formula is C6H10O4S2. The summed E-state index contributed by atoms with van der Waals surface area (Å²) >= 11 is 2.08. The number of carboxylic acids is 2. The summed E-state index contributed by atoms with van der Waals surface area (Å²) in [5, 5.41) is 15.5. The predicted octanol–water partition coefficient (Wildman–Crippen LogP) is 0.619. The highest BCUT2D eigenvalue weighted by molar-refractivity contribution is 8.04. The van der Waals surface area contributed by atoms with Gasteiger partial charge in [0.2, 0.25) is 0 Å². The molecule has 0 saturated carbocycles. The van der Waals surface area contributed by atoms with Gasteiger partial charge < -0.3 is 10.2 Å². The van der Waals surface area contributed by atoms with Crippen molar-refractivity contribution in [1.82, 2.24) is 0 Å². The van der Waals surface area contributed by atoms with Crippen LogP contribution in [0.1, 0.15) is 0 Å². The van der Waals surface area contributed by atoms with Gasteiger partial charge in [-0.25, -0.2) is 0 Å². The molecule has 0 heterocycles. The summed E-state index contributed by atoms with van der Waals surface area (Å²) in [5.41, 5.74) is 0. The second kappa shape index (κ2) is 5.31. The van der Waals surface area contributed by atoms with E-state index in [4.69, 9.17) is 10.2 Å². The van der Waals surface area contributed by atoms with Crippen LogP contribution >= 0.6 is 23.5 Å². The lowest BCUT2D eigenvalue weighted by atomic mass is 10.3. The first kappa shape index (κ1) is 11.6. The Kier molecular flexibility index (Phi) is 5.16. The number of hydrogen-bond acceptors (Lipinski definition) is 4. The molecule has 0 amide bonds. The molecule has 0 aliphatic rings. The molecule has 0 spiro atoms. The Morgan fingerprint density at radius 1 is 1.00 bits per heavy atom. The molecule has 12 heavy (non-hydrogen) atoms. The SMILES string of the molecule is CS[C@H](C(=O)O)[C@@H](SC)C(=O)O. The zero-order valence-electron chi connectivity index (χ0n) is 6.68. The van der Waals surface area contributed by atoms with Gasteiger partial charge in [-0.2, -0.15) is 0 Å². The Morgan fingerprint density at radius 2 is 1.25 bits per heavy atom. The molecule has 0 fully saturated rings. The summed E-state index contributed by atoms with van der Waals surface area (Å²) in [6, 6.07) is 0. The monoisotopic (exact) mass is 210 g/mol. The van der Waals surface area contributed by atoms with Gasteiger partial charge in [-0.1, -0.05) is 0 Å². The van der Waals surface area contributed by atoms with Crippen LogP contribution in [0.15, 0.2) is 0 Å². The van der Waals surface area contributed by atoms with Gasteiger partial charge >= 0.3 is 11.9 Å². The van der Waals surface area contributed by atoms with E-state index < -0.39 is 22.4 Å². The quantitative estimate of drug-likeness (QED) is 0.693. The molecule has 0 bridgehead atoms. The van der Waals surface area contributed by atoms with Crippen molar-refractivity contribution >= 4 is 35.5 Å². The Bertz CT molecular complexity index is 162. The van der Waals surface area contributed by atoms with Crippen LogP contribution in [0.2, 0.25) is 0 Å². The van der Waals surface area contributed by atoms with Crippen LogP contribution in [0.5, 0.6) is 0 Å². The second-order valence-corrected chi connectivity index (χ2v) is 3.95. The van der Waals surface area contributed by atoms with E-state index in [1.807, 2.05) is 0 Å². The third-order valence-electron chi connectivity index (χ3n) is 1.27. The summed E-state index contributed by atoms with van der Waals surface area (Å²) in [7, 11) is 0. The van der Waals surface area contributed by atoms with Crippen molar-refractivity contribution in [3.05, 3.63) is 0 Å². The van der Waals surface area contributed by atoms with Crippen molar-refractivity contribution in [2.45, 2.75) is 10.5 Å². The van der Waals surface area contributed by atoms with E-state index in [1.165, 1.54) is 0 Å². The first-order valence-electron chi connectivity index (χ1n) is 3.05. The molecule has 0 unspecified atom stereocenters. The molecule has 0 aliphatic heterocycles. The van der Waals surface area contributed by atoms with E-state index in [2.05, 4.69) is 0 Å². The number of carbonyl (C=O) groups is 2. The van der Waals surface area contributed by atoms with Gasteiger partial charge in [0.05, 0.1) is 0 Å². The van der Waals surface area contributed by atoms with Crippen molar-refractivity contribution in [2.24, 2.45) is 0 Å². The molecular weight excluding hydrogens is 200 g/mol. The summed E-state index contributed by atoms with van der Waals surface area (Å²) in [4.78, 5) is 21.1. The van der Waals surface area contributed by atoms with Gasteiger partial charge in [-0.15, -0.1) is 23.5 Å².